The molecule has 1 N–H and O–H groups in total. The molecular formula is C22H23ClF3NO5. The summed E-state index contributed by atoms with van der Waals surface area (Å²) in [6, 6.07) is 5.12. The predicted molar refractivity (Wildman–Crippen MR) is 112 cm³/mol. The van der Waals surface area contributed by atoms with Gasteiger partial charge in [0.05, 0.1) is 38.0 Å². The highest BCUT2D eigenvalue weighted by Crippen LogP contribution is 2.47. The molecule has 0 spiro atoms. The number of alkyl halides is 3. The minimum atomic E-state index is -4.67. The molecule has 0 bridgehead atoms. The lowest BCUT2D eigenvalue weighted by Crippen LogP contribution is -2.39. The van der Waals surface area contributed by atoms with Gasteiger partial charge >= 0.3 is 12.1 Å². The Hall–Kier alpha value is -2.65. The zero-order valence-electron chi connectivity index (χ0n) is 17.7. The quantitative estimate of drug-likeness (QED) is 0.609. The fourth-order valence-electron chi connectivity index (χ4n) is 4.18. The van der Waals surface area contributed by atoms with Crippen LogP contribution in [0, 0.1) is 0 Å². The zero-order chi connectivity index (χ0) is 23.6. The zero-order valence-corrected chi connectivity index (χ0v) is 18.5. The summed E-state index contributed by atoms with van der Waals surface area (Å²) >= 11 is 5.83. The number of nitrogens with zero attached hydrogens (tertiary/aromatic N) is 1. The lowest BCUT2D eigenvalue weighted by Gasteiger charge is -2.33. The molecule has 0 amide bonds. The normalized spacial score (nSPS) is 17.8. The average Bonchev–Trinajstić information content (AvgIpc) is 3.23. The molecule has 0 saturated carbocycles. The molecule has 32 heavy (non-hydrogen) atoms. The summed E-state index contributed by atoms with van der Waals surface area (Å²) in [6.07, 6.45) is -3.71. The summed E-state index contributed by atoms with van der Waals surface area (Å²) in [5.74, 6) is -0.169. The van der Waals surface area contributed by atoms with Crippen LogP contribution in [0.2, 0.25) is 5.02 Å². The Morgan fingerprint density at radius 1 is 1.12 bits per heavy atom. The monoisotopic (exact) mass is 473 g/mol. The Morgan fingerprint density at radius 3 is 2.38 bits per heavy atom. The van der Waals surface area contributed by atoms with Crippen LogP contribution >= 0.6 is 11.6 Å². The van der Waals surface area contributed by atoms with Gasteiger partial charge in [0.2, 0.25) is 5.75 Å². The second-order valence-corrected chi connectivity index (χ2v) is 7.70. The highest BCUT2D eigenvalue weighted by atomic mass is 35.5. The van der Waals surface area contributed by atoms with E-state index in [9.17, 15) is 23.1 Å². The second-order valence-electron chi connectivity index (χ2n) is 7.30. The molecular weight excluding hydrogens is 451 g/mol. The van der Waals surface area contributed by atoms with Gasteiger partial charge in [0, 0.05) is 12.1 Å². The number of likely N-dealkylation sites (tertiary alicyclic amines) is 1. The van der Waals surface area contributed by atoms with Crippen LogP contribution in [0.3, 0.4) is 0 Å². The Morgan fingerprint density at radius 2 is 1.81 bits per heavy atom. The smallest absolute Gasteiger partial charge is 0.417 e. The molecule has 1 aliphatic rings. The molecule has 2 aromatic carbocycles. The maximum Gasteiger partial charge on any atom is 0.417 e. The Bertz CT molecular complexity index is 998. The number of carboxylic acid groups (broad SMARTS) is 1. The van der Waals surface area contributed by atoms with E-state index in [0.717, 1.165) is 6.07 Å². The minimum absolute atomic E-state index is 0.236. The lowest BCUT2D eigenvalue weighted by atomic mass is 9.93. The molecule has 2 atom stereocenters. The van der Waals surface area contributed by atoms with Gasteiger partial charge in [-0.2, -0.15) is 13.2 Å². The van der Waals surface area contributed by atoms with E-state index in [0.29, 0.717) is 30.7 Å². The van der Waals surface area contributed by atoms with E-state index >= 15 is 0 Å². The standard InChI is InChI=1S/C22H23ClF3NO5/c1-30-17-9-7-13(19(31-2)20(17)32-3)18(27-10-4-5-16(27)21(28)29)12-6-8-15(23)14(11-12)22(24,25)26/h6-9,11,16,18H,4-5,10H2,1-3H3,(H,28,29). The lowest BCUT2D eigenvalue weighted by molar-refractivity contribution is -0.143. The summed E-state index contributed by atoms with van der Waals surface area (Å²) in [5, 5.41) is 9.31. The number of rotatable bonds is 7. The van der Waals surface area contributed by atoms with Crippen LogP contribution in [0.15, 0.2) is 30.3 Å². The topological polar surface area (TPSA) is 68.2 Å². The van der Waals surface area contributed by atoms with Crippen LogP contribution in [-0.4, -0.2) is 49.9 Å². The molecule has 0 aromatic heterocycles. The van der Waals surface area contributed by atoms with Crippen LogP contribution in [0.5, 0.6) is 17.2 Å². The van der Waals surface area contributed by atoms with Gasteiger partial charge in [0.15, 0.2) is 11.5 Å². The number of hydrogen-bond donors (Lipinski definition) is 1. The van der Waals surface area contributed by atoms with E-state index < -0.39 is 34.8 Å². The summed E-state index contributed by atoms with van der Waals surface area (Å²) in [6.45, 7) is 0.378. The van der Waals surface area contributed by atoms with E-state index in [1.54, 1.807) is 17.0 Å². The van der Waals surface area contributed by atoms with Gasteiger partial charge in [-0.1, -0.05) is 17.7 Å². The summed E-state index contributed by atoms with van der Waals surface area (Å²) < 4.78 is 57.1. The molecule has 174 valence electrons. The molecule has 2 aromatic rings. The van der Waals surface area contributed by atoms with Crippen LogP contribution < -0.4 is 14.2 Å². The van der Waals surface area contributed by atoms with Gasteiger partial charge in [0.25, 0.3) is 0 Å². The van der Waals surface area contributed by atoms with E-state index in [2.05, 4.69) is 0 Å². The van der Waals surface area contributed by atoms with Crippen molar-refractivity contribution in [2.24, 2.45) is 0 Å². The van der Waals surface area contributed by atoms with E-state index in [1.807, 2.05) is 0 Å². The van der Waals surface area contributed by atoms with Crippen molar-refractivity contribution >= 4 is 17.6 Å². The molecule has 2 unspecified atom stereocenters. The van der Waals surface area contributed by atoms with Gasteiger partial charge in [-0.3, -0.25) is 9.69 Å². The third-order valence-electron chi connectivity index (χ3n) is 5.55. The molecule has 6 nitrogen and oxygen atoms in total. The van der Waals surface area contributed by atoms with Crippen LogP contribution in [0.1, 0.15) is 35.6 Å². The van der Waals surface area contributed by atoms with E-state index in [1.165, 1.54) is 33.5 Å². The van der Waals surface area contributed by atoms with Crippen molar-refractivity contribution in [3.05, 3.63) is 52.0 Å². The van der Waals surface area contributed by atoms with E-state index in [4.69, 9.17) is 25.8 Å². The van der Waals surface area contributed by atoms with E-state index in [-0.39, 0.29) is 17.1 Å². The molecule has 1 heterocycles. The number of carbonyl (C=O) groups is 1. The predicted octanol–water partition coefficient (Wildman–Crippen LogP) is 5.02. The van der Waals surface area contributed by atoms with Crippen LogP contribution in [0.25, 0.3) is 0 Å². The second kappa shape index (κ2) is 9.46. The minimum Gasteiger partial charge on any atom is -0.493 e. The first-order chi connectivity index (χ1) is 15.1. The number of ether oxygens (including phenoxy) is 3. The number of halogens is 4. The fourth-order valence-corrected chi connectivity index (χ4v) is 4.41. The number of hydrogen-bond acceptors (Lipinski definition) is 5. The van der Waals surface area contributed by atoms with Crippen molar-refractivity contribution in [3.63, 3.8) is 0 Å². The molecule has 3 rings (SSSR count). The number of aliphatic carboxylic acids is 1. The van der Waals surface area contributed by atoms with Crippen molar-refractivity contribution in [1.29, 1.82) is 0 Å². The Kier molecular flexibility index (Phi) is 7.09. The molecule has 1 fully saturated rings. The van der Waals surface area contributed by atoms with Crippen molar-refractivity contribution in [2.45, 2.75) is 31.1 Å². The third kappa shape index (κ3) is 4.45. The Balaban J connectivity index is 2.28. The summed E-state index contributed by atoms with van der Waals surface area (Å²) in [5.41, 5.74) is -0.304. The van der Waals surface area contributed by atoms with Crippen LogP contribution in [0.4, 0.5) is 13.2 Å². The number of carboxylic acids is 1. The molecule has 1 saturated heterocycles. The molecule has 1 aliphatic heterocycles. The SMILES string of the molecule is COc1ccc(C(c2ccc(Cl)c(C(F)(F)F)c2)N2CCCC2C(=O)O)c(OC)c1OC. The maximum absolute atomic E-state index is 13.6. The van der Waals surface area contributed by atoms with Crippen molar-refractivity contribution in [1.82, 2.24) is 4.90 Å². The highest BCUT2D eigenvalue weighted by molar-refractivity contribution is 6.31. The van der Waals surface area contributed by atoms with Gasteiger partial charge < -0.3 is 19.3 Å². The third-order valence-corrected chi connectivity index (χ3v) is 5.88. The molecule has 0 aliphatic carbocycles. The summed E-state index contributed by atoms with van der Waals surface area (Å²) in [7, 11) is 4.27. The van der Waals surface area contributed by atoms with Crippen molar-refractivity contribution in [3.8, 4) is 17.2 Å². The van der Waals surface area contributed by atoms with Crippen molar-refractivity contribution in [2.75, 3.05) is 27.9 Å². The average molecular weight is 474 g/mol. The van der Waals surface area contributed by atoms with Gasteiger partial charge in [0.1, 0.15) is 6.04 Å². The molecule has 0 radical (unpaired) electrons. The molecule has 10 heteroatoms. The van der Waals surface area contributed by atoms with Gasteiger partial charge in [-0.05, 0) is 42.7 Å². The summed E-state index contributed by atoms with van der Waals surface area (Å²) in [4.78, 5) is 13.6. The van der Waals surface area contributed by atoms with Gasteiger partial charge in [-0.25, -0.2) is 0 Å². The number of benzene rings is 2. The van der Waals surface area contributed by atoms with Gasteiger partial charge in [-0.15, -0.1) is 0 Å². The first-order valence-corrected chi connectivity index (χ1v) is 10.2. The van der Waals surface area contributed by atoms with Crippen molar-refractivity contribution < 1.29 is 37.3 Å². The largest absolute Gasteiger partial charge is 0.493 e. The number of methoxy groups -OCH3 is 3. The fraction of sp³-hybridized carbons (Fsp3) is 0.409. The Labute approximate surface area is 188 Å². The first kappa shape index (κ1) is 24.0. The van der Waals surface area contributed by atoms with Crippen LogP contribution in [-0.2, 0) is 11.0 Å². The first-order valence-electron chi connectivity index (χ1n) is 9.78. The maximum atomic E-state index is 13.6. The highest BCUT2D eigenvalue weighted by Gasteiger charge is 2.40.